The van der Waals surface area contributed by atoms with E-state index in [1.807, 2.05) is 0 Å². The van der Waals surface area contributed by atoms with Gasteiger partial charge in [-0.25, -0.2) is 13.6 Å². The van der Waals surface area contributed by atoms with Crippen LogP contribution in [0.4, 0.5) is 8.78 Å². The summed E-state index contributed by atoms with van der Waals surface area (Å²) in [5, 5.41) is 2.49. The minimum Gasteiger partial charge on any atom is -0.452 e. The van der Waals surface area contributed by atoms with E-state index in [1.54, 1.807) is 6.92 Å². The Bertz CT molecular complexity index is 730. The number of halogens is 3. The predicted molar refractivity (Wildman–Crippen MR) is 84.7 cm³/mol. The first-order chi connectivity index (χ1) is 11.4. The maximum absolute atomic E-state index is 13.6. The second kappa shape index (κ2) is 7.88. The van der Waals surface area contributed by atoms with E-state index in [0.29, 0.717) is 5.56 Å². The molecule has 2 rings (SSSR count). The highest BCUT2D eigenvalue weighted by Gasteiger charge is 2.19. The van der Waals surface area contributed by atoms with Crippen LogP contribution in [0.2, 0.25) is 5.02 Å². The molecule has 0 aromatic heterocycles. The van der Waals surface area contributed by atoms with Crippen molar-refractivity contribution in [3.63, 3.8) is 0 Å². The van der Waals surface area contributed by atoms with E-state index in [2.05, 4.69) is 5.32 Å². The van der Waals surface area contributed by atoms with Crippen LogP contribution in [0.15, 0.2) is 42.5 Å². The molecular formula is C17H14ClF2NO3. The summed E-state index contributed by atoms with van der Waals surface area (Å²) < 4.78 is 31.2. The molecule has 0 aliphatic rings. The smallest absolute Gasteiger partial charge is 0.343 e. The van der Waals surface area contributed by atoms with Crippen molar-refractivity contribution in [1.82, 2.24) is 5.32 Å². The fourth-order valence-electron chi connectivity index (χ4n) is 2.01. The zero-order valence-corrected chi connectivity index (χ0v) is 13.4. The number of amides is 1. The van der Waals surface area contributed by atoms with Gasteiger partial charge >= 0.3 is 5.97 Å². The van der Waals surface area contributed by atoms with E-state index in [4.69, 9.17) is 16.3 Å². The van der Waals surface area contributed by atoms with Gasteiger partial charge in [-0.1, -0.05) is 29.8 Å². The van der Waals surface area contributed by atoms with Crippen molar-refractivity contribution in [2.75, 3.05) is 6.61 Å². The highest BCUT2D eigenvalue weighted by molar-refractivity contribution is 6.33. The Morgan fingerprint density at radius 2 is 1.83 bits per heavy atom. The first-order valence-corrected chi connectivity index (χ1v) is 7.42. The fraction of sp³-hybridized carbons (Fsp3) is 0.176. The zero-order chi connectivity index (χ0) is 17.7. The summed E-state index contributed by atoms with van der Waals surface area (Å²) in [6.45, 7) is 1.11. The van der Waals surface area contributed by atoms with Crippen LogP contribution in [0.3, 0.4) is 0 Å². The van der Waals surface area contributed by atoms with Crippen LogP contribution in [0.1, 0.15) is 28.9 Å². The predicted octanol–water partition coefficient (Wildman–Crippen LogP) is 3.65. The molecule has 1 atom stereocenters. The van der Waals surface area contributed by atoms with Crippen molar-refractivity contribution in [1.29, 1.82) is 0 Å². The van der Waals surface area contributed by atoms with Crippen molar-refractivity contribution in [3.05, 3.63) is 70.2 Å². The lowest BCUT2D eigenvalue weighted by atomic mass is 10.1. The molecule has 0 aliphatic carbocycles. The quantitative estimate of drug-likeness (QED) is 0.835. The Hall–Kier alpha value is -2.47. The number of hydrogen-bond acceptors (Lipinski definition) is 3. The summed E-state index contributed by atoms with van der Waals surface area (Å²) >= 11 is 5.74. The molecule has 0 saturated carbocycles. The van der Waals surface area contributed by atoms with Crippen molar-refractivity contribution in [3.8, 4) is 0 Å². The Labute approximate surface area is 142 Å². The normalized spacial score (nSPS) is 11.7. The number of carbonyl (C=O) groups excluding carboxylic acids is 2. The Balaban J connectivity index is 1.91. The van der Waals surface area contributed by atoms with Crippen molar-refractivity contribution in [2.45, 2.75) is 13.0 Å². The van der Waals surface area contributed by atoms with Gasteiger partial charge in [0, 0.05) is 0 Å². The summed E-state index contributed by atoms with van der Waals surface area (Å²) in [4.78, 5) is 23.6. The maximum atomic E-state index is 13.6. The first kappa shape index (κ1) is 17.9. The summed E-state index contributed by atoms with van der Waals surface area (Å²) in [7, 11) is 0. The molecule has 0 unspecified atom stereocenters. The minimum atomic E-state index is -1.03. The molecule has 2 aromatic carbocycles. The lowest BCUT2D eigenvalue weighted by molar-refractivity contribution is -0.124. The molecule has 126 valence electrons. The Morgan fingerprint density at radius 1 is 1.17 bits per heavy atom. The van der Waals surface area contributed by atoms with Gasteiger partial charge in [0.15, 0.2) is 6.61 Å². The molecule has 0 fully saturated rings. The van der Waals surface area contributed by atoms with Gasteiger partial charge in [0.1, 0.15) is 17.2 Å². The third-order valence-electron chi connectivity index (χ3n) is 3.25. The van der Waals surface area contributed by atoms with Gasteiger partial charge < -0.3 is 10.1 Å². The van der Waals surface area contributed by atoms with E-state index in [-0.39, 0.29) is 10.8 Å². The van der Waals surface area contributed by atoms with E-state index in [1.165, 1.54) is 36.4 Å². The maximum Gasteiger partial charge on any atom is 0.343 e. The number of esters is 1. The Kier molecular flexibility index (Phi) is 5.87. The van der Waals surface area contributed by atoms with Crippen LogP contribution in [0.5, 0.6) is 0 Å². The van der Waals surface area contributed by atoms with Crippen molar-refractivity contribution >= 4 is 23.5 Å². The topological polar surface area (TPSA) is 55.4 Å². The average molecular weight is 354 g/mol. The summed E-state index contributed by atoms with van der Waals surface area (Å²) in [6.07, 6.45) is 0. The SMILES string of the molecule is C[C@@H](NC(=O)COC(=O)c1c(F)cccc1Cl)c1ccc(F)cc1. The van der Waals surface area contributed by atoms with Crippen LogP contribution in [-0.2, 0) is 9.53 Å². The number of nitrogens with one attached hydrogen (secondary N) is 1. The number of carbonyl (C=O) groups is 2. The largest absolute Gasteiger partial charge is 0.452 e. The second-order valence-corrected chi connectivity index (χ2v) is 5.42. The zero-order valence-electron chi connectivity index (χ0n) is 12.7. The second-order valence-electron chi connectivity index (χ2n) is 5.01. The third kappa shape index (κ3) is 4.52. The molecule has 0 radical (unpaired) electrons. The molecule has 0 saturated heterocycles. The number of benzene rings is 2. The first-order valence-electron chi connectivity index (χ1n) is 7.04. The summed E-state index contributed by atoms with van der Waals surface area (Å²) in [6, 6.07) is 8.98. The molecule has 24 heavy (non-hydrogen) atoms. The molecule has 1 N–H and O–H groups in total. The number of rotatable bonds is 5. The monoisotopic (exact) mass is 353 g/mol. The molecular weight excluding hydrogens is 340 g/mol. The highest BCUT2D eigenvalue weighted by Crippen LogP contribution is 2.19. The van der Waals surface area contributed by atoms with Crippen molar-refractivity contribution < 1.29 is 23.1 Å². The molecule has 0 bridgehead atoms. The molecule has 0 spiro atoms. The lowest BCUT2D eigenvalue weighted by Gasteiger charge is -2.14. The number of hydrogen-bond donors (Lipinski definition) is 1. The molecule has 1 amide bonds. The van der Waals surface area contributed by atoms with Gasteiger partial charge in [-0.3, -0.25) is 4.79 Å². The van der Waals surface area contributed by atoms with E-state index in [0.717, 1.165) is 6.07 Å². The van der Waals surface area contributed by atoms with Crippen LogP contribution in [0, 0.1) is 11.6 Å². The molecule has 7 heteroatoms. The van der Waals surface area contributed by atoms with E-state index in [9.17, 15) is 18.4 Å². The van der Waals surface area contributed by atoms with Crippen LogP contribution in [-0.4, -0.2) is 18.5 Å². The number of ether oxygens (including phenoxy) is 1. The molecule has 2 aromatic rings. The molecule has 4 nitrogen and oxygen atoms in total. The molecule has 0 aliphatic heterocycles. The van der Waals surface area contributed by atoms with Gasteiger partial charge in [0.05, 0.1) is 11.1 Å². The van der Waals surface area contributed by atoms with Crippen LogP contribution < -0.4 is 5.32 Å². The Morgan fingerprint density at radius 3 is 2.46 bits per heavy atom. The minimum absolute atomic E-state index is 0.0971. The van der Waals surface area contributed by atoms with Gasteiger partial charge in [0.25, 0.3) is 5.91 Å². The van der Waals surface area contributed by atoms with Gasteiger partial charge in [-0.15, -0.1) is 0 Å². The van der Waals surface area contributed by atoms with Crippen LogP contribution >= 0.6 is 11.6 Å². The van der Waals surface area contributed by atoms with Crippen LogP contribution in [0.25, 0.3) is 0 Å². The summed E-state index contributed by atoms with van der Waals surface area (Å²) in [5.41, 5.74) is 0.270. The third-order valence-corrected chi connectivity index (χ3v) is 3.56. The van der Waals surface area contributed by atoms with Crippen molar-refractivity contribution in [2.24, 2.45) is 0 Å². The van der Waals surface area contributed by atoms with Gasteiger partial charge in [0.2, 0.25) is 0 Å². The summed E-state index contributed by atoms with van der Waals surface area (Å²) in [5.74, 6) is -2.81. The standard InChI is InChI=1S/C17H14ClF2NO3/c1-10(11-5-7-12(19)8-6-11)21-15(22)9-24-17(23)16-13(18)3-2-4-14(16)20/h2-8,10H,9H2,1H3,(H,21,22)/t10-/m1/s1. The van der Waals surface area contributed by atoms with Gasteiger partial charge in [-0.2, -0.15) is 0 Å². The lowest BCUT2D eigenvalue weighted by Crippen LogP contribution is -2.31. The van der Waals surface area contributed by atoms with Gasteiger partial charge in [-0.05, 0) is 36.8 Å². The van der Waals surface area contributed by atoms with E-state index >= 15 is 0 Å². The molecule has 0 heterocycles. The fourth-order valence-corrected chi connectivity index (χ4v) is 2.25. The van der Waals surface area contributed by atoms with E-state index < -0.39 is 35.9 Å². The average Bonchev–Trinajstić information content (AvgIpc) is 2.53. The highest BCUT2D eigenvalue weighted by atomic mass is 35.5.